The molecule has 0 aliphatic heterocycles. The summed E-state index contributed by atoms with van der Waals surface area (Å²) >= 11 is 0. The lowest BCUT2D eigenvalue weighted by Gasteiger charge is -2.21. The Morgan fingerprint density at radius 1 is 1.27 bits per heavy atom. The van der Waals surface area contributed by atoms with Gasteiger partial charge in [-0.25, -0.2) is 0 Å². The monoisotopic (exact) mass is 306 g/mol. The van der Waals surface area contributed by atoms with Gasteiger partial charge < -0.3 is 14.8 Å². The van der Waals surface area contributed by atoms with E-state index in [-0.39, 0.29) is 5.91 Å². The van der Waals surface area contributed by atoms with Crippen molar-refractivity contribution in [1.82, 2.24) is 4.90 Å². The number of amides is 1. The predicted octanol–water partition coefficient (Wildman–Crippen LogP) is 2.76. The maximum absolute atomic E-state index is 12.2. The van der Waals surface area contributed by atoms with Crippen LogP contribution in [0.2, 0.25) is 0 Å². The van der Waals surface area contributed by atoms with Gasteiger partial charge in [0.05, 0.1) is 20.8 Å². The third-order valence-electron chi connectivity index (χ3n) is 3.79. The first kappa shape index (κ1) is 16.6. The Bertz CT molecular complexity index is 501. The van der Waals surface area contributed by atoms with Crippen molar-refractivity contribution >= 4 is 11.6 Å². The Morgan fingerprint density at radius 2 is 2.00 bits per heavy atom. The highest BCUT2D eigenvalue weighted by Gasteiger charge is 2.24. The first-order valence-corrected chi connectivity index (χ1v) is 7.90. The van der Waals surface area contributed by atoms with E-state index in [1.54, 1.807) is 26.4 Å². The molecule has 0 unspecified atom stereocenters. The van der Waals surface area contributed by atoms with Crippen LogP contribution in [0.3, 0.4) is 0 Å². The van der Waals surface area contributed by atoms with Gasteiger partial charge in [0, 0.05) is 18.3 Å². The standard InChI is InChI=1S/C17H26N2O3/c1-4-9-19(11-13-5-6-13)12-17(20)18-14-7-8-15(21-2)16(10-14)22-3/h7-8,10,13H,4-6,9,11-12H2,1-3H3,(H,18,20). The maximum Gasteiger partial charge on any atom is 0.238 e. The number of carbonyl (C=O) groups is 1. The lowest BCUT2D eigenvalue weighted by atomic mass is 10.2. The van der Waals surface area contributed by atoms with E-state index in [0.29, 0.717) is 18.0 Å². The normalized spacial score (nSPS) is 14.0. The topological polar surface area (TPSA) is 50.8 Å². The predicted molar refractivity (Wildman–Crippen MR) is 87.6 cm³/mol. The van der Waals surface area contributed by atoms with Crippen molar-refractivity contribution in [2.75, 3.05) is 39.2 Å². The van der Waals surface area contributed by atoms with Crippen LogP contribution in [0.4, 0.5) is 5.69 Å². The molecule has 1 aromatic carbocycles. The fourth-order valence-corrected chi connectivity index (χ4v) is 2.53. The van der Waals surface area contributed by atoms with Crippen LogP contribution in [0.25, 0.3) is 0 Å². The Balaban J connectivity index is 1.92. The number of methoxy groups -OCH3 is 2. The van der Waals surface area contributed by atoms with E-state index in [1.165, 1.54) is 12.8 Å². The summed E-state index contributed by atoms with van der Waals surface area (Å²) in [5, 5.41) is 2.93. The van der Waals surface area contributed by atoms with E-state index >= 15 is 0 Å². The number of anilines is 1. The molecule has 0 aromatic heterocycles. The van der Waals surface area contributed by atoms with Crippen LogP contribution >= 0.6 is 0 Å². The molecule has 0 spiro atoms. The zero-order chi connectivity index (χ0) is 15.9. The number of carbonyl (C=O) groups excluding carboxylic acids is 1. The summed E-state index contributed by atoms with van der Waals surface area (Å²) in [5.41, 5.74) is 0.727. The fraction of sp³-hybridized carbons (Fsp3) is 0.588. The Morgan fingerprint density at radius 3 is 2.59 bits per heavy atom. The van der Waals surface area contributed by atoms with Gasteiger partial charge in [-0.1, -0.05) is 6.92 Å². The zero-order valence-corrected chi connectivity index (χ0v) is 13.7. The third-order valence-corrected chi connectivity index (χ3v) is 3.79. The Hall–Kier alpha value is -1.75. The molecule has 2 rings (SSSR count). The highest BCUT2D eigenvalue weighted by Crippen LogP contribution is 2.30. The second-order valence-electron chi connectivity index (χ2n) is 5.80. The van der Waals surface area contributed by atoms with Gasteiger partial charge in [0.15, 0.2) is 11.5 Å². The molecule has 5 heteroatoms. The molecular formula is C17H26N2O3. The minimum absolute atomic E-state index is 0.0151. The molecule has 5 nitrogen and oxygen atoms in total. The second-order valence-corrected chi connectivity index (χ2v) is 5.80. The number of hydrogen-bond donors (Lipinski definition) is 1. The molecule has 0 radical (unpaired) electrons. The minimum Gasteiger partial charge on any atom is -0.493 e. The van der Waals surface area contributed by atoms with Crippen molar-refractivity contribution in [3.8, 4) is 11.5 Å². The molecule has 0 bridgehead atoms. The molecule has 0 atom stereocenters. The van der Waals surface area contributed by atoms with Crippen LogP contribution in [-0.2, 0) is 4.79 Å². The van der Waals surface area contributed by atoms with Gasteiger partial charge in [0.25, 0.3) is 0 Å². The van der Waals surface area contributed by atoms with Crippen LogP contribution in [-0.4, -0.2) is 44.7 Å². The molecule has 1 amide bonds. The first-order valence-electron chi connectivity index (χ1n) is 7.90. The summed E-state index contributed by atoms with van der Waals surface area (Å²) in [4.78, 5) is 14.5. The molecule has 1 saturated carbocycles. The van der Waals surface area contributed by atoms with E-state index in [2.05, 4.69) is 17.1 Å². The SMILES string of the molecule is CCCN(CC(=O)Nc1ccc(OC)c(OC)c1)CC1CC1. The Kier molecular flexibility index (Phi) is 6.07. The van der Waals surface area contributed by atoms with Crippen molar-refractivity contribution in [3.05, 3.63) is 18.2 Å². The summed E-state index contributed by atoms with van der Waals surface area (Å²) in [5.74, 6) is 2.08. The highest BCUT2D eigenvalue weighted by atomic mass is 16.5. The average molecular weight is 306 g/mol. The molecule has 1 fully saturated rings. The lowest BCUT2D eigenvalue weighted by molar-refractivity contribution is -0.117. The smallest absolute Gasteiger partial charge is 0.238 e. The molecule has 1 N–H and O–H groups in total. The van der Waals surface area contributed by atoms with Gasteiger partial charge in [-0.2, -0.15) is 0 Å². The molecule has 122 valence electrons. The van der Waals surface area contributed by atoms with Crippen molar-refractivity contribution in [1.29, 1.82) is 0 Å². The van der Waals surface area contributed by atoms with Crippen LogP contribution in [0.15, 0.2) is 18.2 Å². The summed E-state index contributed by atoms with van der Waals surface area (Å²) in [6, 6.07) is 5.40. The fourth-order valence-electron chi connectivity index (χ4n) is 2.53. The van der Waals surface area contributed by atoms with Crippen LogP contribution in [0.5, 0.6) is 11.5 Å². The number of ether oxygens (including phenoxy) is 2. The molecular weight excluding hydrogens is 280 g/mol. The van der Waals surface area contributed by atoms with Crippen molar-refractivity contribution in [3.63, 3.8) is 0 Å². The summed E-state index contributed by atoms with van der Waals surface area (Å²) in [7, 11) is 3.18. The minimum atomic E-state index is 0.0151. The summed E-state index contributed by atoms with van der Waals surface area (Å²) < 4.78 is 10.4. The number of hydrogen-bond acceptors (Lipinski definition) is 4. The molecule has 1 aromatic rings. The highest BCUT2D eigenvalue weighted by molar-refractivity contribution is 5.92. The Labute approximate surface area is 132 Å². The lowest BCUT2D eigenvalue weighted by Crippen LogP contribution is -2.35. The van der Waals surface area contributed by atoms with Gasteiger partial charge in [-0.15, -0.1) is 0 Å². The van der Waals surface area contributed by atoms with Gasteiger partial charge in [-0.3, -0.25) is 9.69 Å². The van der Waals surface area contributed by atoms with E-state index in [4.69, 9.17) is 9.47 Å². The van der Waals surface area contributed by atoms with Crippen molar-refractivity contribution < 1.29 is 14.3 Å². The third kappa shape index (κ3) is 4.91. The van der Waals surface area contributed by atoms with Crippen LogP contribution in [0, 0.1) is 5.92 Å². The number of nitrogens with one attached hydrogen (secondary N) is 1. The summed E-state index contributed by atoms with van der Waals surface area (Å²) in [6.45, 7) is 4.59. The van der Waals surface area contributed by atoms with E-state index in [9.17, 15) is 4.79 Å². The number of benzene rings is 1. The van der Waals surface area contributed by atoms with Gasteiger partial charge in [0.2, 0.25) is 5.91 Å². The van der Waals surface area contributed by atoms with Crippen molar-refractivity contribution in [2.45, 2.75) is 26.2 Å². The van der Waals surface area contributed by atoms with Crippen molar-refractivity contribution in [2.24, 2.45) is 5.92 Å². The van der Waals surface area contributed by atoms with Gasteiger partial charge >= 0.3 is 0 Å². The van der Waals surface area contributed by atoms with E-state index in [1.807, 2.05) is 6.07 Å². The van der Waals surface area contributed by atoms with Crippen LogP contribution in [0.1, 0.15) is 26.2 Å². The average Bonchev–Trinajstić information content (AvgIpc) is 3.31. The largest absolute Gasteiger partial charge is 0.493 e. The number of rotatable bonds is 9. The van der Waals surface area contributed by atoms with E-state index < -0.39 is 0 Å². The molecule has 1 aliphatic rings. The van der Waals surface area contributed by atoms with E-state index in [0.717, 1.165) is 31.1 Å². The molecule has 22 heavy (non-hydrogen) atoms. The molecule has 1 aliphatic carbocycles. The molecule has 0 saturated heterocycles. The maximum atomic E-state index is 12.2. The number of nitrogens with zero attached hydrogens (tertiary/aromatic N) is 1. The quantitative estimate of drug-likeness (QED) is 0.762. The summed E-state index contributed by atoms with van der Waals surface area (Å²) in [6.07, 6.45) is 3.67. The van der Waals surface area contributed by atoms with Gasteiger partial charge in [-0.05, 0) is 43.9 Å². The van der Waals surface area contributed by atoms with Gasteiger partial charge in [0.1, 0.15) is 0 Å². The second kappa shape index (κ2) is 8.03. The van der Waals surface area contributed by atoms with Crippen LogP contribution < -0.4 is 14.8 Å². The first-order chi connectivity index (χ1) is 10.7. The zero-order valence-electron chi connectivity index (χ0n) is 13.7. The molecule has 0 heterocycles.